The molecule has 5 rings (SSSR count). The van der Waals surface area contributed by atoms with Crippen LogP contribution < -0.4 is 11.1 Å². The number of aryl methyl sites for hydroxylation is 2. The number of carbonyl (C=O) groups excluding carboxylic acids is 2. The van der Waals surface area contributed by atoms with Gasteiger partial charge >= 0.3 is 0 Å². The van der Waals surface area contributed by atoms with Crippen LogP contribution in [-0.2, 0) is 0 Å². The monoisotopic (exact) mass is 438 g/mol. The lowest BCUT2D eigenvalue weighted by atomic mass is 10.1. The Morgan fingerprint density at radius 2 is 2.03 bits per heavy atom. The third-order valence-corrected chi connectivity index (χ3v) is 7.05. The Morgan fingerprint density at radius 3 is 2.73 bits per heavy atom. The SMILES string of the molecule is Cc1nc(C2CC2)nc2sc(C(=O)Nc3nc(-c4c[nH]c(C(N)=O)c4)cs3)c(C)c12. The van der Waals surface area contributed by atoms with E-state index in [-0.39, 0.29) is 5.91 Å². The van der Waals surface area contributed by atoms with E-state index in [1.165, 1.54) is 22.7 Å². The molecule has 30 heavy (non-hydrogen) atoms. The van der Waals surface area contributed by atoms with Gasteiger partial charge in [-0.25, -0.2) is 15.0 Å². The smallest absolute Gasteiger partial charge is 0.267 e. The number of carbonyl (C=O) groups is 2. The lowest BCUT2D eigenvalue weighted by Gasteiger charge is -2.02. The highest BCUT2D eigenvalue weighted by molar-refractivity contribution is 7.21. The second-order valence-electron chi connectivity index (χ2n) is 7.34. The number of fused-ring (bicyclic) bond motifs is 1. The molecular formula is C20H18N6O2S2. The Hall–Kier alpha value is -3.11. The number of primary amides is 1. The second-order valence-corrected chi connectivity index (χ2v) is 9.19. The van der Waals surface area contributed by atoms with Crippen LogP contribution in [0.25, 0.3) is 21.5 Å². The van der Waals surface area contributed by atoms with E-state index >= 15 is 0 Å². The van der Waals surface area contributed by atoms with Crippen LogP contribution in [-0.4, -0.2) is 31.8 Å². The van der Waals surface area contributed by atoms with Gasteiger partial charge in [-0.15, -0.1) is 22.7 Å². The number of rotatable bonds is 5. The fraction of sp³-hybridized carbons (Fsp3) is 0.250. The average molecular weight is 439 g/mol. The van der Waals surface area contributed by atoms with E-state index in [4.69, 9.17) is 10.7 Å². The quantitative estimate of drug-likeness (QED) is 0.434. The number of nitrogens with two attached hydrogens (primary N) is 1. The molecule has 4 aromatic rings. The zero-order chi connectivity index (χ0) is 21.0. The van der Waals surface area contributed by atoms with Crippen molar-refractivity contribution in [3.63, 3.8) is 0 Å². The first-order valence-corrected chi connectivity index (χ1v) is 11.1. The number of nitrogens with one attached hydrogen (secondary N) is 2. The summed E-state index contributed by atoms with van der Waals surface area (Å²) in [7, 11) is 0. The van der Waals surface area contributed by atoms with Crippen molar-refractivity contribution in [3.8, 4) is 11.3 Å². The molecule has 0 unspecified atom stereocenters. The van der Waals surface area contributed by atoms with E-state index < -0.39 is 5.91 Å². The van der Waals surface area contributed by atoms with Gasteiger partial charge in [-0.1, -0.05) is 0 Å². The Morgan fingerprint density at radius 1 is 1.23 bits per heavy atom. The van der Waals surface area contributed by atoms with E-state index in [1.807, 2.05) is 19.2 Å². The summed E-state index contributed by atoms with van der Waals surface area (Å²) in [6.45, 7) is 3.90. The molecule has 2 amide bonds. The fourth-order valence-electron chi connectivity index (χ4n) is 3.40. The zero-order valence-corrected chi connectivity index (χ0v) is 17.9. The van der Waals surface area contributed by atoms with Gasteiger partial charge < -0.3 is 10.7 Å². The fourth-order valence-corrected chi connectivity index (χ4v) is 5.25. The predicted octanol–water partition coefficient (Wildman–Crippen LogP) is 3.99. The van der Waals surface area contributed by atoms with Crippen molar-refractivity contribution in [2.75, 3.05) is 5.32 Å². The summed E-state index contributed by atoms with van der Waals surface area (Å²) in [5.74, 6) is 0.605. The first-order chi connectivity index (χ1) is 14.4. The van der Waals surface area contributed by atoms with Crippen LogP contribution >= 0.6 is 22.7 Å². The number of amides is 2. The Balaban J connectivity index is 1.41. The topological polar surface area (TPSA) is 127 Å². The van der Waals surface area contributed by atoms with Crippen molar-refractivity contribution in [1.82, 2.24) is 19.9 Å². The predicted molar refractivity (Wildman–Crippen MR) is 117 cm³/mol. The molecule has 0 radical (unpaired) electrons. The van der Waals surface area contributed by atoms with Crippen molar-refractivity contribution >= 4 is 49.8 Å². The van der Waals surface area contributed by atoms with Crippen molar-refractivity contribution in [1.29, 1.82) is 0 Å². The number of aromatic amines is 1. The second kappa shape index (κ2) is 6.99. The zero-order valence-electron chi connectivity index (χ0n) is 16.3. The summed E-state index contributed by atoms with van der Waals surface area (Å²) in [4.78, 5) is 42.3. The number of aromatic nitrogens is 4. The minimum Gasteiger partial charge on any atom is -0.364 e. The number of nitrogens with zero attached hydrogens (tertiary/aromatic N) is 3. The Kier molecular flexibility index (Phi) is 4.40. The normalized spacial score (nSPS) is 13.7. The molecule has 10 heteroatoms. The van der Waals surface area contributed by atoms with Crippen LogP contribution in [0.2, 0.25) is 0 Å². The molecule has 0 saturated heterocycles. The molecule has 152 valence electrons. The summed E-state index contributed by atoms with van der Waals surface area (Å²) < 4.78 is 0. The molecule has 0 atom stereocenters. The van der Waals surface area contributed by atoms with Gasteiger partial charge in [0.15, 0.2) is 5.13 Å². The van der Waals surface area contributed by atoms with Crippen molar-refractivity contribution in [2.24, 2.45) is 5.73 Å². The summed E-state index contributed by atoms with van der Waals surface area (Å²) in [5.41, 5.74) is 8.78. The Bertz CT molecular complexity index is 1310. The summed E-state index contributed by atoms with van der Waals surface area (Å²) in [6, 6.07) is 1.64. The third-order valence-electron chi connectivity index (χ3n) is 5.11. The van der Waals surface area contributed by atoms with Crippen LogP contribution in [0.1, 0.15) is 56.0 Å². The molecule has 4 N–H and O–H groups in total. The van der Waals surface area contributed by atoms with Crippen LogP contribution in [0, 0.1) is 13.8 Å². The van der Waals surface area contributed by atoms with Gasteiger partial charge in [-0.05, 0) is 38.3 Å². The van der Waals surface area contributed by atoms with Crippen LogP contribution in [0.5, 0.6) is 0 Å². The number of anilines is 1. The van der Waals surface area contributed by atoms with Crippen LogP contribution in [0.3, 0.4) is 0 Å². The summed E-state index contributed by atoms with van der Waals surface area (Å²) in [5, 5.41) is 6.14. The lowest BCUT2D eigenvalue weighted by molar-refractivity contribution is 0.0994. The van der Waals surface area contributed by atoms with E-state index in [9.17, 15) is 9.59 Å². The molecule has 0 bridgehead atoms. The first kappa shape index (κ1) is 18.9. The number of hydrogen-bond acceptors (Lipinski definition) is 7. The van der Waals surface area contributed by atoms with Crippen molar-refractivity contribution in [3.05, 3.63) is 45.3 Å². The highest BCUT2D eigenvalue weighted by Crippen LogP contribution is 2.40. The number of thiophene rings is 1. The number of thiazole rings is 1. The lowest BCUT2D eigenvalue weighted by Crippen LogP contribution is -2.11. The maximum absolute atomic E-state index is 12.9. The highest BCUT2D eigenvalue weighted by Gasteiger charge is 2.28. The van der Waals surface area contributed by atoms with Gasteiger partial charge in [0.2, 0.25) is 0 Å². The van der Waals surface area contributed by atoms with Gasteiger partial charge in [-0.3, -0.25) is 14.9 Å². The maximum atomic E-state index is 12.9. The third kappa shape index (κ3) is 3.27. The molecule has 1 saturated carbocycles. The van der Waals surface area contributed by atoms with Crippen LogP contribution in [0.15, 0.2) is 17.6 Å². The molecule has 0 spiro atoms. The van der Waals surface area contributed by atoms with Crippen molar-refractivity contribution < 1.29 is 9.59 Å². The maximum Gasteiger partial charge on any atom is 0.267 e. The first-order valence-electron chi connectivity index (χ1n) is 9.44. The van der Waals surface area contributed by atoms with Gasteiger partial charge in [0.1, 0.15) is 16.3 Å². The van der Waals surface area contributed by atoms with Gasteiger partial charge in [0.25, 0.3) is 11.8 Å². The standard InChI is InChI=1S/C20H18N6O2S2/c1-8-14-9(2)23-17(10-3-4-10)25-19(14)30-15(8)18(28)26-20-24-13(7-29-20)11-5-12(16(21)27)22-6-11/h5-7,10,22H,3-4H2,1-2H3,(H2,21,27)(H,24,26,28). The molecule has 1 fully saturated rings. The van der Waals surface area contributed by atoms with Gasteiger partial charge in [-0.2, -0.15) is 0 Å². The number of hydrogen-bond donors (Lipinski definition) is 3. The molecule has 0 aliphatic heterocycles. The van der Waals surface area contributed by atoms with E-state index in [0.717, 1.165) is 45.7 Å². The number of H-pyrrole nitrogens is 1. The molecule has 8 nitrogen and oxygen atoms in total. The molecule has 1 aliphatic rings. The molecule has 1 aliphatic carbocycles. The largest absolute Gasteiger partial charge is 0.364 e. The Labute approximate surface area is 179 Å². The van der Waals surface area contributed by atoms with E-state index in [2.05, 4.69) is 20.3 Å². The minimum absolute atomic E-state index is 0.212. The van der Waals surface area contributed by atoms with Crippen LogP contribution in [0.4, 0.5) is 5.13 Å². The average Bonchev–Trinajstić information content (AvgIpc) is 3.10. The highest BCUT2D eigenvalue weighted by atomic mass is 32.1. The summed E-state index contributed by atoms with van der Waals surface area (Å²) >= 11 is 2.71. The minimum atomic E-state index is -0.534. The van der Waals surface area contributed by atoms with Crippen molar-refractivity contribution in [2.45, 2.75) is 32.6 Å². The van der Waals surface area contributed by atoms with E-state index in [0.29, 0.717) is 27.3 Å². The summed E-state index contributed by atoms with van der Waals surface area (Å²) in [6.07, 6.45) is 3.93. The van der Waals surface area contributed by atoms with Gasteiger partial charge in [0.05, 0.1) is 16.3 Å². The molecule has 4 aromatic heterocycles. The molecule has 4 heterocycles. The molecular weight excluding hydrogens is 420 g/mol. The molecule has 0 aromatic carbocycles. The van der Waals surface area contributed by atoms with E-state index in [1.54, 1.807) is 12.3 Å². The van der Waals surface area contributed by atoms with Gasteiger partial charge in [0, 0.05) is 28.4 Å².